The molecule has 1 aromatic rings. The Morgan fingerprint density at radius 2 is 1.77 bits per heavy atom. The van der Waals surface area contributed by atoms with Gasteiger partial charge in [0.1, 0.15) is 5.75 Å². The molecule has 2 fully saturated rings. The molecule has 1 amide bonds. The summed E-state index contributed by atoms with van der Waals surface area (Å²) in [6.07, 6.45) is 11.1. The molecule has 1 saturated heterocycles. The Morgan fingerprint density at radius 1 is 1.00 bits per heavy atom. The lowest BCUT2D eigenvalue weighted by Gasteiger charge is -2.24. The minimum atomic E-state index is 0.359. The minimum absolute atomic E-state index is 0.359. The average molecular weight is 359 g/mol. The van der Waals surface area contributed by atoms with E-state index in [1.165, 1.54) is 44.2 Å². The number of methoxy groups -OCH3 is 1. The summed E-state index contributed by atoms with van der Waals surface area (Å²) in [6.45, 7) is 3.67. The maximum atomic E-state index is 12.6. The summed E-state index contributed by atoms with van der Waals surface area (Å²) in [6, 6.07) is 8.24. The summed E-state index contributed by atoms with van der Waals surface area (Å²) < 4.78 is 5.24. The van der Waals surface area contributed by atoms with Crippen LogP contribution in [0.3, 0.4) is 0 Å². The molecular weight excluding hydrogens is 324 g/mol. The number of carbonyl (C=O) groups excluding carboxylic acids is 1. The predicted molar refractivity (Wildman–Crippen MR) is 107 cm³/mol. The van der Waals surface area contributed by atoms with Gasteiger partial charge in [0, 0.05) is 38.3 Å². The number of nitrogens with zero attached hydrogens (tertiary/aromatic N) is 2. The van der Waals surface area contributed by atoms with Crippen LogP contribution in [0.4, 0.5) is 5.69 Å². The van der Waals surface area contributed by atoms with E-state index in [4.69, 9.17) is 4.74 Å². The fraction of sp³-hybridized carbons (Fsp3) is 0.682. The Hall–Kier alpha value is -1.71. The van der Waals surface area contributed by atoms with Gasteiger partial charge in [-0.25, -0.2) is 0 Å². The van der Waals surface area contributed by atoms with Gasteiger partial charge in [0.05, 0.1) is 7.11 Å². The maximum absolute atomic E-state index is 12.6. The first-order chi connectivity index (χ1) is 12.8. The van der Waals surface area contributed by atoms with Crippen molar-refractivity contribution in [1.29, 1.82) is 0 Å². The van der Waals surface area contributed by atoms with E-state index in [-0.39, 0.29) is 0 Å². The molecule has 0 N–H and O–H groups in total. The molecular formula is C22H34N2O2. The molecule has 0 spiro atoms. The molecule has 4 nitrogen and oxygen atoms in total. The first-order valence-electron chi connectivity index (χ1n) is 10.4. The zero-order valence-electron chi connectivity index (χ0n) is 16.3. The van der Waals surface area contributed by atoms with E-state index >= 15 is 0 Å². The van der Waals surface area contributed by atoms with E-state index in [1.54, 1.807) is 7.11 Å². The van der Waals surface area contributed by atoms with Crippen molar-refractivity contribution in [3.63, 3.8) is 0 Å². The Morgan fingerprint density at radius 3 is 2.50 bits per heavy atom. The van der Waals surface area contributed by atoms with Crippen LogP contribution in [0.25, 0.3) is 0 Å². The van der Waals surface area contributed by atoms with Crippen LogP contribution in [-0.4, -0.2) is 44.1 Å². The van der Waals surface area contributed by atoms with Gasteiger partial charge >= 0.3 is 0 Å². The highest BCUT2D eigenvalue weighted by Crippen LogP contribution is 2.28. The van der Waals surface area contributed by atoms with Crippen molar-refractivity contribution in [2.45, 2.75) is 57.8 Å². The largest absolute Gasteiger partial charge is 0.497 e. The van der Waals surface area contributed by atoms with Gasteiger partial charge in [-0.1, -0.05) is 32.1 Å². The quantitative estimate of drug-likeness (QED) is 0.751. The molecule has 0 radical (unpaired) electrons. The summed E-state index contributed by atoms with van der Waals surface area (Å²) in [4.78, 5) is 17.1. The molecule has 1 aromatic carbocycles. The molecule has 0 bridgehead atoms. The third-order valence-electron chi connectivity index (χ3n) is 6.01. The van der Waals surface area contributed by atoms with Crippen LogP contribution in [-0.2, 0) is 4.79 Å². The number of carbonyl (C=O) groups is 1. The number of hydrogen-bond acceptors (Lipinski definition) is 3. The van der Waals surface area contributed by atoms with Crippen molar-refractivity contribution >= 4 is 11.6 Å². The molecule has 144 valence electrons. The number of amides is 1. The van der Waals surface area contributed by atoms with E-state index in [9.17, 15) is 4.79 Å². The number of hydrogen-bond donors (Lipinski definition) is 0. The van der Waals surface area contributed by atoms with Crippen LogP contribution in [0.1, 0.15) is 57.8 Å². The van der Waals surface area contributed by atoms with Gasteiger partial charge in [0.15, 0.2) is 0 Å². The summed E-state index contributed by atoms with van der Waals surface area (Å²) in [5, 5.41) is 0. The van der Waals surface area contributed by atoms with E-state index < -0.39 is 0 Å². The first-order valence-corrected chi connectivity index (χ1v) is 10.4. The molecule has 0 atom stereocenters. The van der Waals surface area contributed by atoms with Crippen LogP contribution in [0.15, 0.2) is 24.3 Å². The monoisotopic (exact) mass is 358 g/mol. The Balaban J connectivity index is 1.42. The van der Waals surface area contributed by atoms with E-state index in [0.29, 0.717) is 5.91 Å². The number of benzene rings is 1. The summed E-state index contributed by atoms with van der Waals surface area (Å²) in [5.41, 5.74) is 1.22. The number of anilines is 1. The lowest BCUT2D eigenvalue weighted by Crippen LogP contribution is -2.35. The second-order valence-corrected chi connectivity index (χ2v) is 7.82. The van der Waals surface area contributed by atoms with E-state index in [0.717, 1.165) is 57.1 Å². The van der Waals surface area contributed by atoms with Crippen molar-refractivity contribution < 1.29 is 9.53 Å². The number of rotatable bonds is 6. The Kier molecular flexibility index (Phi) is 7.22. The molecule has 1 aliphatic carbocycles. The lowest BCUT2D eigenvalue weighted by molar-refractivity contribution is -0.131. The molecule has 26 heavy (non-hydrogen) atoms. The Bertz CT molecular complexity index is 552. The smallest absolute Gasteiger partial charge is 0.222 e. The van der Waals surface area contributed by atoms with Gasteiger partial charge in [-0.05, 0) is 49.4 Å². The van der Waals surface area contributed by atoms with Gasteiger partial charge in [-0.3, -0.25) is 4.79 Å². The maximum Gasteiger partial charge on any atom is 0.222 e. The highest BCUT2D eigenvalue weighted by molar-refractivity contribution is 5.76. The third kappa shape index (κ3) is 5.39. The molecule has 0 unspecified atom stereocenters. The van der Waals surface area contributed by atoms with Crippen LogP contribution in [0.5, 0.6) is 5.75 Å². The molecule has 0 aromatic heterocycles. The molecule has 3 rings (SSSR count). The number of ether oxygens (including phenoxy) is 1. The topological polar surface area (TPSA) is 32.8 Å². The fourth-order valence-electron chi connectivity index (χ4n) is 4.39. The standard InChI is InChI=1S/C22H34N2O2/c1-26-21-13-11-20(12-14-21)23-15-6-16-24(18-17-23)22(25)10-5-9-19-7-3-2-4-8-19/h11-14,19H,2-10,15-18H2,1H3. The molecule has 1 heterocycles. The van der Waals surface area contributed by atoms with Crippen molar-refractivity contribution in [3.05, 3.63) is 24.3 Å². The summed E-state index contributed by atoms with van der Waals surface area (Å²) in [5.74, 6) is 2.13. The van der Waals surface area contributed by atoms with Gasteiger partial charge < -0.3 is 14.5 Å². The molecule has 2 aliphatic rings. The zero-order valence-corrected chi connectivity index (χ0v) is 16.3. The van der Waals surface area contributed by atoms with Crippen LogP contribution in [0.2, 0.25) is 0 Å². The van der Waals surface area contributed by atoms with Crippen LogP contribution >= 0.6 is 0 Å². The minimum Gasteiger partial charge on any atom is -0.497 e. The lowest BCUT2D eigenvalue weighted by atomic mass is 9.86. The normalized spacial score (nSPS) is 19.3. The highest BCUT2D eigenvalue weighted by atomic mass is 16.5. The van der Waals surface area contributed by atoms with Gasteiger partial charge in [-0.15, -0.1) is 0 Å². The van der Waals surface area contributed by atoms with Gasteiger partial charge in [0.25, 0.3) is 0 Å². The zero-order chi connectivity index (χ0) is 18.2. The first kappa shape index (κ1) is 19.1. The van der Waals surface area contributed by atoms with Gasteiger partial charge in [-0.2, -0.15) is 0 Å². The van der Waals surface area contributed by atoms with E-state index in [2.05, 4.69) is 21.9 Å². The second-order valence-electron chi connectivity index (χ2n) is 7.82. The van der Waals surface area contributed by atoms with Crippen LogP contribution in [0, 0.1) is 5.92 Å². The van der Waals surface area contributed by atoms with Gasteiger partial charge in [0.2, 0.25) is 5.91 Å². The SMILES string of the molecule is COc1ccc(N2CCCN(C(=O)CCCC3CCCCC3)CC2)cc1. The van der Waals surface area contributed by atoms with Crippen molar-refractivity contribution in [3.8, 4) is 5.75 Å². The third-order valence-corrected chi connectivity index (χ3v) is 6.01. The molecule has 4 heteroatoms. The second kappa shape index (κ2) is 9.84. The molecule has 1 saturated carbocycles. The van der Waals surface area contributed by atoms with E-state index in [1.807, 2.05) is 12.1 Å². The van der Waals surface area contributed by atoms with Crippen molar-refractivity contribution in [1.82, 2.24) is 4.90 Å². The highest BCUT2D eigenvalue weighted by Gasteiger charge is 2.20. The van der Waals surface area contributed by atoms with Crippen LogP contribution < -0.4 is 9.64 Å². The average Bonchev–Trinajstić information content (AvgIpc) is 2.95. The molecule has 1 aliphatic heterocycles. The predicted octanol–water partition coefficient (Wildman–Crippen LogP) is 4.48. The Labute approximate surface area is 158 Å². The van der Waals surface area contributed by atoms with Crippen molar-refractivity contribution in [2.75, 3.05) is 38.2 Å². The fourth-order valence-corrected chi connectivity index (χ4v) is 4.39. The van der Waals surface area contributed by atoms with Crippen molar-refractivity contribution in [2.24, 2.45) is 5.92 Å². The summed E-state index contributed by atoms with van der Waals surface area (Å²) in [7, 11) is 1.69. The summed E-state index contributed by atoms with van der Waals surface area (Å²) >= 11 is 0.